The van der Waals surface area contributed by atoms with E-state index in [4.69, 9.17) is 9.97 Å². The topological polar surface area (TPSA) is 25.8 Å². The predicted molar refractivity (Wildman–Crippen MR) is 214 cm³/mol. The van der Waals surface area contributed by atoms with Crippen LogP contribution in [0.15, 0.2) is 170 Å². The maximum Gasteiger partial charge on any atom is 0.161 e. The summed E-state index contributed by atoms with van der Waals surface area (Å²) in [5, 5.41) is 7.37. The molecule has 0 saturated heterocycles. The van der Waals surface area contributed by atoms with Gasteiger partial charge in [0.05, 0.1) is 11.4 Å². The van der Waals surface area contributed by atoms with E-state index in [0.29, 0.717) is 0 Å². The first-order valence-electron chi connectivity index (χ1n) is 17.7. The summed E-state index contributed by atoms with van der Waals surface area (Å²) in [6.07, 6.45) is 0. The molecule has 1 heterocycles. The van der Waals surface area contributed by atoms with Crippen LogP contribution in [0.3, 0.4) is 0 Å². The fourth-order valence-electron chi connectivity index (χ4n) is 8.35. The Kier molecular flexibility index (Phi) is 6.56. The standard InChI is InChI=1S/C49H34N2/c1-49(2)44-27-23-35(29-43(44)41-24-22-32-13-8-9-17-38(32)47(41)49)37-25-26-42(40-19-11-10-18-39(37)40)48-50-45(33-14-4-3-5-15-33)30-46(51-48)36-21-20-31-12-6-7-16-34(31)28-36/h3-30H,1-2H3. The summed E-state index contributed by atoms with van der Waals surface area (Å²) in [6.45, 7) is 4.73. The Morgan fingerprint density at radius 2 is 0.961 bits per heavy atom. The lowest BCUT2D eigenvalue weighted by Crippen LogP contribution is -2.15. The van der Waals surface area contributed by atoms with Crippen LogP contribution < -0.4 is 0 Å². The number of hydrogen-bond acceptors (Lipinski definition) is 2. The van der Waals surface area contributed by atoms with E-state index in [1.807, 2.05) is 6.07 Å². The van der Waals surface area contributed by atoms with E-state index >= 15 is 0 Å². The molecule has 0 bridgehead atoms. The maximum absolute atomic E-state index is 5.26. The van der Waals surface area contributed by atoms with Crippen molar-refractivity contribution in [3.8, 4) is 56.2 Å². The van der Waals surface area contributed by atoms with Crippen molar-refractivity contribution in [2.75, 3.05) is 0 Å². The molecule has 0 radical (unpaired) electrons. The Morgan fingerprint density at radius 1 is 0.373 bits per heavy atom. The molecular formula is C49H34N2. The highest BCUT2D eigenvalue weighted by atomic mass is 14.9. The van der Waals surface area contributed by atoms with Crippen molar-refractivity contribution in [2.45, 2.75) is 19.3 Å². The second kappa shape index (κ2) is 11.3. The van der Waals surface area contributed by atoms with E-state index in [9.17, 15) is 0 Å². The zero-order valence-electron chi connectivity index (χ0n) is 28.6. The molecule has 0 N–H and O–H groups in total. The molecule has 2 heteroatoms. The third-order valence-electron chi connectivity index (χ3n) is 10.9. The van der Waals surface area contributed by atoms with Gasteiger partial charge in [-0.1, -0.05) is 159 Å². The number of fused-ring (bicyclic) bond motifs is 7. The first kappa shape index (κ1) is 29.5. The van der Waals surface area contributed by atoms with E-state index in [1.165, 1.54) is 60.3 Å². The summed E-state index contributed by atoms with van der Waals surface area (Å²) in [7, 11) is 0. The Bertz CT molecular complexity index is 2830. The van der Waals surface area contributed by atoms with Crippen molar-refractivity contribution in [3.05, 3.63) is 181 Å². The Hall–Kier alpha value is -6.38. The summed E-state index contributed by atoms with van der Waals surface area (Å²) < 4.78 is 0. The van der Waals surface area contributed by atoms with Crippen molar-refractivity contribution in [2.24, 2.45) is 0 Å². The van der Waals surface area contributed by atoms with Crippen molar-refractivity contribution in [3.63, 3.8) is 0 Å². The summed E-state index contributed by atoms with van der Waals surface area (Å²) in [5.41, 5.74) is 12.8. The molecule has 0 amide bonds. The van der Waals surface area contributed by atoms with E-state index < -0.39 is 0 Å². The smallest absolute Gasteiger partial charge is 0.161 e. The number of nitrogens with zero attached hydrogens (tertiary/aromatic N) is 2. The van der Waals surface area contributed by atoms with Crippen molar-refractivity contribution >= 4 is 32.3 Å². The molecule has 2 nitrogen and oxygen atoms in total. The third-order valence-corrected chi connectivity index (χ3v) is 10.9. The monoisotopic (exact) mass is 650 g/mol. The summed E-state index contributed by atoms with van der Waals surface area (Å²) >= 11 is 0. The predicted octanol–water partition coefficient (Wildman–Crippen LogP) is 12.9. The van der Waals surface area contributed by atoms with Gasteiger partial charge in [-0.2, -0.15) is 0 Å². The fraction of sp³-hybridized carbons (Fsp3) is 0.0612. The van der Waals surface area contributed by atoms with Gasteiger partial charge in [-0.05, 0) is 90.0 Å². The number of benzene rings is 8. The number of rotatable bonds is 4. The van der Waals surface area contributed by atoms with Gasteiger partial charge in [0.1, 0.15) is 0 Å². The van der Waals surface area contributed by atoms with Crippen LogP contribution in [0.1, 0.15) is 25.0 Å². The average Bonchev–Trinajstić information content (AvgIpc) is 3.43. The van der Waals surface area contributed by atoms with Crippen LogP contribution >= 0.6 is 0 Å². The Balaban J connectivity index is 1.14. The van der Waals surface area contributed by atoms with Crippen LogP contribution in [0.25, 0.3) is 88.5 Å². The minimum atomic E-state index is -0.0835. The lowest BCUT2D eigenvalue weighted by Gasteiger charge is -2.23. The van der Waals surface area contributed by atoms with Crippen LogP contribution in [0.4, 0.5) is 0 Å². The zero-order valence-corrected chi connectivity index (χ0v) is 28.6. The SMILES string of the molecule is CC1(C)c2ccc(-c3ccc(-c4nc(-c5ccccc5)cc(-c5ccc6ccccc6c5)n4)c4ccccc34)cc2-c2ccc3ccccc3c21. The summed E-state index contributed by atoms with van der Waals surface area (Å²) in [6, 6.07) is 61.2. The van der Waals surface area contributed by atoms with Crippen LogP contribution in [0.5, 0.6) is 0 Å². The van der Waals surface area contributed by atoms with Crippen molar-refractivity contribution in [1.29, 1.82) is 0 Å². The molecule has 8 aromatic carbocycles. The minimum Gasteiger partial charge on any atom is -0.228 e. The van der Waals surface area contributed by atoms with Gasteiger partial charge >= 0.3 is 0 Å². The van der Waals surface area contributed by atoms with Gasteiger partial charge in [0.2, 0.25) is 0 Å². The average molecular weight is 651 g/mol. The highest BCUT2D eigenvalue weighted by Crippen LogP contribution is 2.52. The van der Waals surface area contributed by atoms with Gasteiger partial charge in [0.15, 0.2) is 5.82 Å². The van der Waals surface area contributed by atoms with Crippen molar-refractivity contribution in [1.82, 2.24) is 9.97 Å². The van der Waals surface area contributed by atoms with Crippen LogP contribution in [0, 0.1) is 0 Å². The van der Waals surface area contributed by atoms with E-state index in [1.54, 1.807) is 0 Å². The van der Waals surface area contributed by atoms with Gasteiger partial charge in [0.25, 0.3) is 0 Å². The second-order valence-electron chi connectivity index (χ2n) is 14.2. The summed E-state index contributed by atoms with van der Waals surface area (Å²) in [5.74, 6) is 0.721. The van der Waals surface area contributed by atoms with Gasteiger partial charge in [-0.15, -0.1) is 0 Å². The largest absolute Gasteiger partial charge is 0.228 e. The molecule has 240 valence electrons. The van der Waals surface area contributed by atoms with Gasteiger partial charge in [-0.25, -0.2) is 9.97 Å². The molecule has 0 saturated carbocycles. The third kappa shape index (κ3) is 4.71. The van der Waals surface area contributed by atoms with E-state index in [-0.39, 0.29) is 5.41 Å². The first-order chi connectivity index (χ1) is 25.0. The first-order valence-corrected chi connectivity index (χ1v) is 17.7. The van der Waals surface area contributed by atoms with E-state index in [0.717, 1.165) is 39.3 Å². The molecule has 10 rings (SSSR count). The molecule has 0 aliphatic heterocycles. The molecule has 0 spiro atoms. The second-order valence-corrected chi connectivity index (χ2v) is 14.2. The molecule has 0 atom stereocenters. The maximum atomic E-state index is 5.26. The highest BCUT2D eigenvalue weighted by molar-refractivity contribution is 6.05. The highest BCUT2D eigenvalue weighted by Gasteiger charge is 2.37. The van der Waals surface area contributed by atoms with Gasteiger partial charge < -0.3 is 0 Å². The molecule has 1 aliphatic rings. The Labute approximate surface area is 297 Å². The molecular weight excluding hydrogens is 617 g/mol. The lowest BCUT2D eigenvalue weighted by molar-refractivity contribution is 0.666. The van der Waals surface area contributed by atoms with Crippen LogP contribution in [-0.2, 0) is 5.41 Å². The minimum absolute atomic E-state index is 0.0835. The van der Waals surface area contributed by atoms with Gasteiger partial charge in [-0.3, -0.25) is 0 Å². The number of hydrogen-bond donors (Lipinski definition) is 0. The Morgan fingerprint density at radius 3 is 1.76 bits per heavy atom. The van der Waals surface area contributed by atoms with Crippen LogP contribution in [-0.4, -0.2) is 9.97 Å². The number of aromatic nitrogens is 2. The zero-order chi connectivity index (χ0) is 34.1. The normalized spacial score (nSPS) is 13.1. The quantitative estimate of drug-likeness (QED) is 0.189. The molecule has 0 unspecified atom stereocenters. The fourth-order valence-corrected chi connectivity index (χ4v) is 8.35. The molecule has 1 aromatic heterocycles. The van der Waals surface area contributed by atoms with Crippen molar-refractivity contribution < 1.29 is 0 Å². The molecule has 9 aromatic rings. The van der Waals surface area contributed by atoms with Gasteiger partial charge in [0, 0.05) is 22.1 Å². The van der Waals surface area contributed by atoms with Crippen LogP contribution in [0.2, 0.25) is 0 Å². The molecule has 0 fully saturated rings. The summed E-state index contributed by atoms with van der Waals surface area (Å²) in [4.78, 5) is 10.5. The molecule has 1 aliphatic carbocycles. The van der Waals surface area contributed by atoms with E-state index in [2.05, 4.69) is 178 Å². The molecule has 51 heavy (non-hydrogen) atoms. The lowest BCUT2D eigenvalue weighted by atomic mass is 9.80.